The molecule has 0 bridgehead atoms. The number of aliphatic hydroxyl groups is 1. The van der Waals surface area contributed by atoms with Crippen molar-refractivity contribution in [2.45, 2.75) is 18.8 Å². The van der Waals surface area contributed by atoms with E-state index in [1.807, 2.05) is 6.07 Å². The van der Waals surface area contributed by atoms with Gasteiger partial charge in [-0.1, -0.05) is 41.9 Å². The number of rotatable bonds is 3. The van der Waals surface area contributed by atoms with Gasteiger partial charge in [-0.05, 0) is 5.56 Å². The van der Waals surface area contributed by atoms with Crippen LogP contribution in [0.2, 0.25) is 5.15 Å². The number of nitrogens with zero attached hydrogens (tertiary/aromatic N) is 3. The van der Waals surface area contributed by atoms with Gasteiger partial charge in [0.05, 0.1) is 5.56 Å². The van der Waals surface area contributed by atoms with Crippen LogP contribution in [-0.2, 0) is 16.1 Å². The van der Waals surface area contributed by atoms with Crippen molar-refractivity contribution in [1.82, 2.24) is 9.97 Å². The van der Waals surface area contributed by atoms with Crippen LogP contribution in [0.1, 0.15) is 17.2 Å². The highest BCUT2D eigenvalue weighted by Gasteiger charge is 2.48. The van der Waals surface area contributed by atoms with E-state index in [9.17, 15) is 19.8 Å². The molecule has 0 saturated heterocycles. The van der Waals surface area contributed by atoms with Gasteiger partial charge in [0.15, 0.2) is 6.04 Å². The molecular weight excluding hydrogens is 338 g/mol. The van der Waals surface area contributed by atoms with Gasteiger partial charge in [-0.2, -0.15) is 0 Å². The van der Waals surface area contributed by atoms with Crippen LogP contribution in [-0.4, -0.2) is 38.3 Å². The Kier molecular flexibility index (Phi) is 4.32. The van der Waals surface area contributed by atoms with E-state index in [0.29, 0.717) is 0 Å². The van der Waals surface area contributed by atoms with Gasteiger partial charge in [0, 0.05) is 0 Å². The lowest BCUT2D eigenvalue weighted by Gasteiger charge is -2.21. The summed E-state index contributed by atoms with van der Waals surface area (Å²) in [7, 11) is 0. The van der Waals surface area contributed by atoms with E-state index in [1.165, 1.54) is 0 Å². The summed E-state index contributed by atoms with van der Waals surface area (Å²) in [5.74, 6) is -1.49. The van der Waals surface area contributed by atoms with Crippen molar-refractivity contribution in [2.24, 2.45) is 0 Å². The molecule has 1 aromatic carbocycles. The smallest absolute Gasteiger partial charge is 0.416 e. The number of aromatic nitrogens is 2. The third-order valence-corrected chi connectivity index (χ3v) is 3.87. The Labute approximate surface area is 141 Å². The number of carboxylic acid groups (broad SMARTS) is 1. The topological polar surface area (TPSA) is 113 Å². The maximum absolute atomic E-state index is 12.4. The Morgan fingerprint density at radius 2 is 1.96 bits per heavy atom. The number of aliphatic hydroxyl groups excluding tert-OH is 1. The molecule has 0 radical (unpaired) electrons. The molecule has 0 spiro atoms. The zero-order valence-corrected chi connectivity index (χ0v) is 12.9. The molecule has 2 atom stereocenters. The third kappa shape index (κ3) is 2.77. The fourth-order valence-electron chi connectivity index (χ4n) is 2.48. The highest BCUT2D eigenvalue weighted by atomic mass is 35.5. The second-order valence-corrected chi connectivity index (χ2v) is 5.40. The first-order valence-corrected chi connectivity index (χ1v) is 7.29. The molecular formula is C15H12ClN3O5. The van der Waals surface area contributed by atoms with E-state index >= 15 is 0 Å². The molecule has 124 valence electrons. The molecule has 2 unspecified atom stereocenters. The van der Waals surface area contributed by atoms with E-state index in [1.54, 1.807) is 24.3 Å². The van der Waals surface area contributed by atoms with Crippen LogP contribution < -0.4 is 4.90 Å². The highest BCUT2D eigenvalue weighted by molar-refractivity contribution is 6.30. The number of halogens is 1. The van der Waals surface area contributed by atoms with Crippen LogP contribution in [0.4, 0.5) is 10.6 Å². The van der Waals surface area contributed by atoms with Crippen LogP contribution >= 0.6 is 11.6 Å². The summed E-state index contributed by atoms with van der Waals surface area (Å²) in [4.78, 5) is 32.2. The van der Waals surface area contributed by atoms with Crippen LogP contribution in [0.3, 0.4) is 0 Å². The predicted octanol–water partition coefficient (Wildman–Crippen LogP) is 1.77. The quantitative estimate of drug-likeness (QED) is 0.812. The average molecular weight is 350 g/mol. The number of benzene rings is 1. The third-order valence-electron chi connectivity index (χ3n) is 3.57. The lowest BCUT2D eigenvalue weighted by molar-refractivity contribution is -0.141. The van der Waals surface area contributed by atoms with Crippen LogP contribution in [0, 0.1) is 0 Å². The number of fused-ring (bicyclic) bond motifs is 1. The van der Waals surface area contributed by atoms with E-state index < -0.39 is 24.2 Å². The van der Waals surface area contributed by atoms with Gasteiger partial charge in [-0.15, -0.1) is 0 Å². The van der Waals surface area contributed by atoms with Gasteiger partial charge < -0.3 is 14.9 Å². The zero-order chi connectivity index (χ0) is 17.3. The van der Waals surface area contributed by atoms with Gasteiger partial charge >= 0.3 is 12.1 Å². The summed E-state index contributed by atoms with van der Waals surface area (Å²) in [6, 6.07) is 7.31. The van der Waals surface area contributed by atoms with Gasteiger partial charge in [-0.3, -0.25) is 0 Å². The second-order valence-electron chi connectivity index (χ2n) is 5.04. The summed E-state index contributed by atoms with van der Waals surface area (Å²) in [5, 5.41) is 19.4. The molecule has 0 fully saturated rings. The number of carbonyl (C=O) groups is 2. The maximum Gasteiger partial charge on any atom is 0.416 e. The van der Waals surface area contributed by atoms with Crippen LogP contribution in [0.15, 0.2) is 36.7 Å². The van der Waals surface area contributed by atoms with Crippen molar-refractivity contribution in [3.8, 4) is 0 Å². The van der Waals surface area contributed by atoms with Gasteiger partial charge in [0.1, 0.15) is 30.0 Å². The number of carbonyl (C=O) groups excluding carboxylic acids is 1. The highest BCUT2D eigenvalue weighted by Crippen LogP contribution is 2.41. The molecule has 8 nitrogen and oxygen atoms in total. The van der Waals surface area contributed by atoms with Crippen molar-refractivity contribution in [3.05, 3.63) is 52.9 Å². The Morgan fingerprint density at radius 1 is 1.25 bits per heavy atom. The molecule has 2 N–H and O–H groups in total. The van der Waals surface area contributed by atoms with E-state index in [2.05, 4.69) is 9.97 Å². The molecule has 1 aliphatic heterocycles. The summed E-state index contributed by atoms with van der Waals surface area (Å²) < 4.78 is 5.15. The maximum atomic E-state index is 12.4. The molecule has 24 heavy (non-hydrogen) atoms. The van der Waals surface area contributed by atoms with Crippen molar-refractivity contribution in [3.63, 3.8) is 0 Å². The van der Waals surface area contributed by atoms with Crippen molar-refractivity contribution < 1.29 is 24.5 Å². The summed E-state index contributed by atoms with van der Waals surface area (Å²) in [5.41, 5.74) is 0.724. The number of hydrogen-bond acceptors (Lipinski definition) is 6. The van der Waals surface area contributed by atoms with Gasteiger partial charge in [0.2, 0.25) is 0 Å². The van der Waals surface area contributed by atoms with E-state index in [-0.39, 0.29) is 23.1 Å². The van der Waals surface area contributed by atoms with Crippen LogP contribution in [0.5, 0.6) is 0 Å². The fourth-order valence-corrected chi connectivity index (χ4v) is 2.72. The molecule has 1 aliphatic rings. The lowest BCUT2D eigenvalue weighted by atomic mass is 10.1. The number of aliphatic carboxylic acids is 1. The Balaban J connectivity index is 1.88. The van der Waals surface area contributed by atoms with Crippen molar-refractivity contribution in [1.29, 1.82) is 0 Å². The molecule has 0 saturated carbocycles. The molecule has 2 heterocycles. The average Bonchev–Trinajstić information content (AvgIpc) is 2.88. The number of amides is 1. The number of ether oxygens (including phenoxy) is 1. The van der Waals surface area contributed by atoms with E-state index in [4.69, 9.17) is 16.3 Å². The number of carboxylic acids is 1. The van der Waals surface area contributed by atoms with Gasteiger partial charge in [-0.25, -0.2) is 24.5 Å². The minimum absolute atomic E-state index is 0.0109. The molecule has 3 rings (SSSR count). The fraction of sp³-hybridized carbons (Fsp3) is 0.200. The molecule has 0 aliphatic carbocycles. The normalized spacial score (nSPS) is 19.0. The van der Waals surface area contributed by atoms with Crippen LogP contribution in [0.25, 0.3) is 0 Å². The number of anilines is 1. The first-order chi connectivity index (χ1) is 11.5. The largest absolute Gasteiger partial charge is 0.480 e. The molecule has 2 aromatic rings. The molecule has 1 amide bonds. The second kappa shape index (κ2) is 6.42. The first-order valence-electron chi connectivity index (χ1n) is 6.92. The summed E-state index contributed by atoms with van der Waals surface area (Å²) in [6.07, 6.45) is -1.41. The summed E-state index contributed by atoms with van der Waals surface area (Å²) >= 11 is 5.89. The van der Waals surface area contributed by atoms with E-state index in [0.717, 1.165) is 16.8 Å². The Morgan fingerprint density at radius 3 is 2.62 bits per heavy atom. The molecule has 9 heteroatoms. The predicted molar refractivity (Wildman–Crippen MR) is 82.5 cm³/mol. The Bertz CT molecular complexity index is 786. The number of hydrogen-bond donors (Lipinski definition) is 2. The Hall–Kier alpha value is -2.71. The standard InChI is InChI=1S/C15H12ClN3O5/c16-12-9-11(20)10(14(21)22)19(13(9)18-7-17-12)15(23)24-6-8-4-2-1-3-5-8/h1-5,7,10-11,20H,6H2,(H,21,22). The molecule has 1 aromatic heterocycles. The lowest BCUT2D eigenvalue weighted by Crippen LogP contribution is -2.45. The van der Waals surface area contributed by atoms with Gasteiger partial charge in [0.25, 0.3) is 0 Å². The summed E-state index contributed by atoms with van der Waals surface area (Å²) in [6.45, 7) is -0.0489. The van der Waals surface area contributed by atoms with Crippen molar-refractivity contribution >= 4 is 29.5 Å². The van der Waals surface area contributed by atoms with Crippen molar-refractivity contribution in [2.75, 3.05) is 4.90 Å². The minimum atomic E-state index is -1.59. The minimum Gasteiger partial charge on any atom is -0.480 e. The SMILES string of the molecule is O=C(O)C1C(O)c2c(Cl)ncnc2N1C(=O)OCc1ccccc1. The zero-order valence-electron chi connectivity index (χ0n) is 12.2. The first kappa shape index (κ1) is 16.2. The monoisotopic (exact) mass is 349 g/mol.